The Bertz CT molecular complexity index is 863. The molecule has 0 bridgehead atoms. The summed E-state index contributed by atoms with van der Waals surface area (Å²) in [5.74, 6) is 0.843. The summed E-state index contributed by atoms with van der Waals surface area (Å²) < 4.78 is 0. The van der Waals surface area contributed by atoms with Gasteiger partial charge in [-0.1, -0.05) is 23.7 Å². The molecule has 0 spiro atoms. The third-order valence-electron chi connectivity index (χ3n) is 4.31. The highest BCUT2D eigenvalue weighted by molar-refractivity contribution is 7.13. The fourth-order valence-electron chi connectivity index (χ4n) is 3.00. The number of aromatic nitrogens is 3. The number of halogens is 1. The van der Waals surface area contributed by atoms with Crippen LogP contribution in [-0.2, 0) is 19.5 Å². The normalized spacial score (nSPS) is 14.6. The van der Waals surface area contributed by atoms with Gasteiger partial charge in [0.15, 0.2) is 5.82 Å². The van der Waals surface area contributed by atoms with E-state index in [-0.39, 0.29) is 0 Å². The van der Waals surface area contributed by atoms with Crippen molar-refractivity contribution in [3.8, 4) is 10.7 Å². The van der Waals surface area contributed by atoms with E-state index in [1.807, 2.05) is 25.3 Å². The summed E-state index contributed by atoms with van der Waals surface area (Å²) in [4.78, 5) is 17.2. The molecule has 6 heteroatoms. The van der Waals surface area contributed by atoms with Crippen LogP contribution in [-0.4, -0.2) is 26.4 Å². The van der Waals surface area contributed by atoms with E-state index in [4.69, 9.17) is 16.6 Å². The molecule has 0 unspecified atom stereocenters. The number of pyridine rings is 1. The highest BCUT2D eigenvalue weighted by Crippen LogP contribution is 2.25. The molecule has 0 radical (unpaired) electrons. The lowest BCUT2D eigenvalue weighted by atomic mass is 10.1. The van der Waals surface area contributed by atoms with Crippen molar-refractivity contribution in [1.82, 2.24) is 19.9 Å². The minimum absolute atomic E-state index is 0.551. The summed E-state index contributed by atoms with van der Waals surface area (Å²) in [6.45, 7) is 4.76. The molecule has 0 amide bonds. The second-order valence-electron chi connectivity index (χ2n) is 5.98. The molecule has 1 aliphatic heterocycles. The van der Waals surface area contributed by atoms with Gasteiger partial charge in [0.1, 0.15) is 5.15 Å². The number of rotatable bonds is 3. The number of nitrogens with zero attached hydrogens (tertiary/aromatic N) is 4. The molecule has 0 saturated heterocycles. The molecule has 4 heterocycles. The third-order valence-corrected chi connectivity index (χ3v) is 5.39. The van der Waals surface area contributed by atoms with Gasteiger partial charge in [0.05, 0.1) is 10.6 Å². The number of thiophene rings is 1. The molecule has 1 aliphatic rings. The van der Waals surface area contributed by atoms with Crippen LogP contribution in [0.5, 0.6) is 0 Å². The average molecular weight is 357 g/mol. The van der Waals surface area contributed by atoms with Crippen LogP contribution in [0.3, 0.4) is 0 Å². The van der Waals surface area contributed by atoms with Crippen molar-refractivity contribution in [2.24, 2.45) is 0 Å². The average Bonchev–Trinajstić information content (AvgIpc) is 3.11. The van der Waals surface area contributed by atoms with Crippen LogP contribution in [0.15, 0.2) is 35.8 Å². The quantitative estimate of drug-likeness (QED) is 0.662. The van der Waals surface area contributed by atoms with Gasteiger partial charge < -0.3 is 0 Å². The topological polar surface area (TPSA) is 41.9 Å². The first-order valence-electron chi connectivity index (χ1n) is 7.92. The lowest BCUT2D eigenvalue weighted by molar-refractivity contribution is 0.242. The maximum Gasteiger partial charge on any atom is 0.169 e. The predicted molar refractivity (Wildman–Crippen MR) is 97.1 cm³/mol. The second kappa shape index (κ2) is 6.59. The van der Waals surface area contributed by atoms with E-state index < -0.39 is 0 Å². The maximum absolute atomic E-state index is 5.94. The molecule has 0 atom stereocenters. The third kappa shape index (κ3) is 3.20. The minimum atomic E-state index is 0.551. The second-order valence-corrected chi connectivity index (χ2v) is 7.32. The van der Waals surface area contributed by atoms with Gasteiger partial charge in [0.25, 0.3) is 0 Å². The van der Waals surface area contributed by atoms with E-state index in [1.165, 1.54) is 16.8 Å². The van der Waals surface area contributed by atoms with Gasteiger partial charge in [-0.15, -0.1) is 11.3 Å². The molecule has 3 aromatic heterocycles. The lowest BCUT2D eigenvalue weighted by Gasteiger charge is -2.28. The van der Waals surface area contributed by atoms with Crippen molar-refractivity contribution < 1.29 is 0 Å². The molecular formula is C18H17ClN4S. The Hall–Kier alpha value is -1.82. The highest BCUT2D eigenvalue weighted by atomic mass is 35.5. The van der Waals surface area contributed by atoms with Crippen LogP contribution < -0.4 is 0 Å². The van der Waals surface area contributed by atoms with Gasteiger partial charge in [-0.05, 0) is 30.0 Å². The van der Waals surface area contributed by atoms with Gasteiger partial charge in [0, 0.05) is 43.5 Å². The van der Waals surface area contributed by atoms with Crippen LogP contribution in [0.4, 0.5) is 0 Å². The molecule has 0 saturated carbocycles. The van der Waals surface area contributed by atoms with Crippen molar-refractivity contribution in [1.29, 1.82) is 0 Å². The van der Waals surface area contributed by atoms with E-state index in [9.17, 15) is 0 Å². The standard InChI is InChI=1S/C18H17ClN4S/c1-12-13(4-5-17(19)21-12)10-23-7-6-15-14(11-23)9-20-18(22-15)16-3-2-8-24-16/h2-5,8-9H,6-7,10-11H2,1H3. The molecule has 0 aromatic carbocycles. The molecule has 4 rings (SSSR count). The van der Waals surface area contributed by atoms with Crippen molar-refractivity contribution in [3.05, 3.63) is 63.5 Å². The first-order chi connectivity index (χ1) is 11.7. The number of aryl methyl sites for hydroxylation is 1. The Labute approximate surface area is 150 Å². The zero-order valence-corrected chi connectivity index (χ0v) is 14.9. The van der Waals surface area contributed by atoms with Crippen molar-refractivity contribution in [2.75, 3.05) is 6.54 Å². The largest absolute Gasteiger partial charge is 0.294 e. The summed E-state index contributed by atoms with van der Waals surface area (Å²) in [7, 11) is 0. The molecular weight excluding hydrogens is 340 g/mol. The van der Waals surface area contributed by atoms with E-state index in [2.05, 4.69) is 32.4 Å². The van der Waals surface area contributed by atoms with Crippen LogP contribution >= 0.6 is 22.9 Å². The van der Waals surface area contributed by atoms with Crippen molar-refractivity contribution >= 4 is 22.9 Å². The summed E-state index contributed by atoms with van der Waals surface area (Å²) in [6, 6.07) is 8.03. The van der Waals surface area contributed by atoms with Gasteiger partial charge >= 0.3 is 0 Å². The highest BCUT2D eigenvalue weighted by Gasteiger charge is 2.19. The number of hydrogen-bond donors (Lipinski definition) is 0. The zero-order chi connectivity index (χ0) is 16.5. The van der Waals surface area contributed by atoms with Crippen LogP contribution in [0.1, 0.15) is 22.5 Å². The minimum Gasteiger partial charge on any atom is -0.294 e. The Morgan fingerprint density at radius 2 is 2.17 bits per heavy atom. The number of fused-ring (bicyclic) bond motifs is 1. The van der Waals surface area contributed by atoms with E-state index in [0.717, 1.165) is 42.5 Å². The first kappa shape index (κ1) is 15.7. The summed E-state index contributed by atoms with van der Waals surface area (Å²) in [5.41, 5.74) is 4.62. The Morgan fingerprint density at radius 1 is 1.25 bits per heavy atom. The molecule has 0 fully saturated rings. The monoisotopic (exact) mass is 356 g/mol. The summed E-state index contributed by atoms with van der Waals surface area (Å²) >= 11 is 7.62. The molecule has 3 aromatic rings. The molecule has 122 valence electrons. The molecule has 24 heavy (non-hydrogen) atoms. The Kier molecular flexibility index (Phi) is 4.31. The van der Waals surface area contributed by atoms with E-state index in [0.29, 0.717) is 5.15 Å². The fraction of sp³-hybridized carbons (Fsp3) is 0.278. The van der Waals surface area contributed by atoms with E-state index >= 15 is 0 Å². The summed E-state index contributed by atoms with van der Waals surface area (Å²) in [6.07, 6.45) is 2.94. The van der Waals surface area contributed by atoms with Crippen LogP contribution in [0.2, 0.25) is 5.15 Å². The van der Waals surface area contributed by atoms with Gasteiger partial charge in [-0.25, -0.2) is 15.0 Å². The fourth-order valence-corrected chi connectivity index (χ4v) is 3.86. The van der Waals surface area contributed by atoms with Crippen molar-refractivity contribution in [3.63, 3.8) is 0 Å². The van der Waals surface area contributed by atoms with E-state index in [1.54, 1.807) is 11.3 Å². The van der Waals surface area contributed by atoms with Crippen LogP contribution in [0.25, 0.3) is 10.7 Å². The molecule has 0 N–H and O–H groups in total. The zero-order valence-electron chi connectivity index (χ0n) is 13.4. The maximum atomic E-state index is 5.94. The van der Waals surface area contributed by atoms with Crippen LogP contribution in [0, 0.1) is 6.92 Å². The lowest BCUT2D eigenvalue weighted by Crippen LogP contribution is -2.31. The summed E-state index contributed by atoms with van der Waals surface area (Å²) in [5, 5.41) is 2.61. The predicted octanol–water partition coefficient (Wildman–Crippen LogP) is 4.12. The van der Waals surface area contributed by atoms with Gasteiger partial charge in [0.2, 0.25) is 0 Å². The first-order valence-corrected chi connectivity index (χ1v) is 9.18. The number of hydrogen-bond acceptors (Lipinski definition) is 5. The smallest absolute Gasteiger partial charge is 0.169 e. The Balaban J connectivity index is 1.52. The molecule has 0 aliphatic carbocycles. The van der Waals surface area contributed by atoms with Crippen molar-refractivity contribution in [2.45, 2.75) is 26.4 Å². The molecule has 4 nitrogen and oxygen atoms in total. The van der Waals surface area contributed by atoms with Gasteiger partial charge in [-0.2, -0.15) is 0 Å². The SMILES string of the molecule is Cc1nc(Cl)ccc1CN1CCc2nc(-c3cccs3)ncc2C1. The van der Waals surface area contributed by atoms with Gasteiger partial charge in [-0.3, -0.25) is 4.90 Å². The Morgan fingerprint density at radius 3 is 2.96 bits per heavy atom.